The van der Waals surface area contributed by atoms with E-state index < -0.39 is 0 Å². The Morgan fingerprint density at radius 2 is 1.06 bits per heavy atom. The fourth-order valence-corrected chi connectivity index (χ4v) is 7.75. The molecule has 0 saturated carbocycles. The van der Waals surface area contributed by atoms with Crippen molar-refractivity contribution in [1.29, 1.82) is 0 Å². The van der Waals surface area contributed by atoms with E-state index in [1.54, 1.807) is 0 Å². The van der Waals surface area contributed by atoms with Crippen molar-refractivity contribution < 1.29 is 4.42 Å². The van der Waals surface area contributed by atoms with Gasteiger partial charge in [-0.1, -0.05) is 144 Å². The molecule has 4 heteroatoms. The van der Waals surface area contributed by atoms with Gasteiger partial charge in [-0.2, -0.15) is 0 Å². The SMILES string of the molecule is CCCCCCC1(CCCCCC)c2cc(Br)ccc2-c2ccc(-c3ccc(-c4nnc(-c5ccc(C(C)(C)C)cc5)o4)cc3)cc21. The Balaban J connectivity index is 1.30. The van der Waals surface area contributed by atoms with Gasteiger partial charge in [0.25, 0.3) is 0 Å². The zero-order chi connectivity index (χ0) is 33.0. The first-order chi connectivity index (χ1) is 22.7. The molecule has 0 bridgehead atoms. The van der Waals surface area contributed by atoms with Crippen LogP contribution in [0.1, 0.15) is 116 Å². The van der Waals surface area contributed by atoms with Gasteiger partial charge >= 0.3 is 0 Å². The highest BCUT2D eigenvalue weighted by molar-refractivity contribution is 9.10. The maximum absolute atomic E-state index is 6.14. The van der Waals surface area contributed by atoms with Crippen LogP contribution in [-0.2, 0) is 10.8 Å². The van der Waals surface area contributed by atoms with E-state index in [2.05, 4.69) is 146 Å². The Kier molecular flexibility index (Phi) is 10.2. The fourth-order valence-electron chi connectivity index (χ4n) is 7.39. The average Bonchev–Trinajstić information content (AvgIpc) is 3.67. The van der Waals surface area contributed by atoms with Gasteiger partial charge in [-0.25, -0.2) is 0 Å². The zero-order valence-electron chi connectivity index (χ0n) is 28.8. The summed E-state index contributed by atoms with van der Waals surface area (Å²) in [6, 6.07) is 31.2. The Morgan fingerprint density at radius 1 is 0.574 bits per heavy atom. The van der Waals surface area contributed by atoms with Crippen molar-refractivity contribution in [2.24, 2.45) is 0 Å². The van der Waals surface area contributed by atoms with E-state index in [1.807, 2.05) is 0 Å². The van der Waals surface area contributed by atoms with Gasteiger partial charge in [0, 0.05) is 21.0 Å². The molecule has 5 aromatic rings. The van der Waals surface area contributed by atoms with Gasteiger partial charge in [0.15, 0.2) is 0 Å². The molecule has 0 saturated heterocycles. The second-order valence-corrected chi connectivity index (χ2v) is 15.4. The molecule has 3 nitrogen and oxygen atoms in total. The van der Waals surface area contributed by atoms with Gasteiger partial charge in [0.05, 0.1) is 0 Å². The lowest BCUT2D eigenvalue weighted by molar-refractivity contribution is 0.401. The Bertz CT molecular complexity index is 1780. The monoisotopic (exact) mass is 688 g/mol. The number of aromatic nitrogens is 2. The van der Waals surface area contributed by atoms with Gasteiger partial charge in [-0.05, 0) is 99.7 Å². The van der Waals surface area contributed by atoms with Crippen molar-refractivity contribution in [2.75, 3.05) is 0 Å². The molecule has 0 fully saturated rings. The molecule has 0 unspecified atom stereocenters. The molecule has 0 spiro atoms. The smallest absolute Gasteiger partial charge is 0.248 e. The molecule has 1 aromatic heterocycles. The van der Waals surface area contributed by atoms with Crippen molar-refractivity contribution in [3.05, 3.63) is 106 Å². The summed E-state index contributed by atoms with van der Waals surface area (Å²) < 4.78 is 7.32. The van der Waals surface area contributed by atoms with Crippen molar-refractivity contribution >= 4 is 15.9 Å². The van der Waals surface area contributed by atoms with Crippen LogP contribution in [0.3, 0.4) is 0 Å². The van der Waals surface area contributed by atoms with Crippen LogP contribution < -0.4 is 0 Å². The summed E-state index contributed by atoms with van der Waals surface area (Å²) in [5.41, 5.74) is 11.6. The van der Waals surface area contributed by atoms with Crippen LogP contribution in [-0.4, -0.2) is 10.2 Å². The van der Waals surface area contributed by atoms with E-state index in [1.165, 1.54) is 108 Å². The maximum Gasteiger partial charge on any atom is 0.248 e. The first-order valence-electron chi connectivity index (χ1n) is 17.7. The van der Waals surface area contributed by atoms with Crippen LogP contribution in [0.5, 0.6) is 0 Å². The average molecular weight is 690 g/mol. The van der Waals surface area contributed by atoms with E-state index in [0.29, 0.717) is 11.8 Å². The number of fused-ring (bicyclic) bond motifs is 3. The molecular formula is C43H49BrN2O. The molecule has 6 rings (SSSR count). The molecule has 244 valence electrons. The third-order valence-corrected chi connectivity index (χ3v) is 10.6. The summed E-state index contributed by atoms with van der Waals surface area (Å²) in [5.74, 6) is 1.09. The summed E-state index contributed by atoms with van der Waals surface area (Å²) in [6.45, 7) is 11.3. The van der Waals surface area contributed by atoms with Crippen molar-refractivity contribution in [3.63, 3.8) is 0 Å². The van der Waals surface area contributed by atoms with E-state index in [-0.39, 0.29) is 10.8 Å². The topological polar surface area (TPSA) is 38.9 Å². The van der Waals surface area contributed by atoms with E-state index in [4.69, 9.17) is 4.42 Å². The molecule has 0 atom stereocenters. The first kappa shape index (κ1) is 33.4. The number of hydrogen-bond acceptors (Lipinski definition) is 3. The molecule has 0 aliphatic heterocycles. The lowest BCUT2D eigenvalue weighted by Gasteiger charge is -2.33. The van der Waals surface area contributed by atoms with Gasteiger partial charge in [-0.15, -0.1) is 10.2 Å². The van der Waals surface area contributed by atoms with Gasteiger partial charge < -0.3 is 4.42 Å². The largest absolute Gasteiger partial charge is 0.416 e. The molecule has 0 N–H and O–H groups in total. The normalized spacial score (nSPS) is 13.5. The highest BCUT2D eigenvalue weighted by Gasteiger charge is 2.42. The number of hydrogen-bond donors (Lipinski definition) is 0. The van der Waals surface area contributed by atoms with Crippen LogP contribution >= 0.6 is 15.9 Å². The highest BCUT2D eigenvalue weighted by atomic mass is 79.9. The predicted molar refractivity (Wildman–Crippen MR) is 201 cm³/mol. The summed E-state index contributed by atoms with van der Waals surface area (Å²) in [5, 5.41) is 8.76. The minimum Gasteiger partial charge on any atom is -0.416 e. The van der Waals surface area contributed by atoms with E-state index >= 15 is 0 Å². The number of rotatable bonds is 13. The quantitative estimate of drug-likeness (QED) is 0.116. The minimum absolute atomic E-state index is 0.0527. The molecule has 47 heavy (non-hydrogen) atoms. The maximum atomic E-state index is 6.14. The van der Waals surface area contributed by atoms with Crippen LogP contribution in [0.4, 0.5) is 0 Å². The molecule has 1 aliphatic rings. The fraction of sp³-hybridized carbons (Fsp3) is 0.395. The summed E-state index contributed by atoms with van der Waals surface area (Å²) in [4.78, 5) is 0. The third-order valence-electron chi connectivity index (χ3n) is 10.1. The van der Waals surface area contributed by atoms with Crippen molar-refractivity contribution in [2.45, 2.75) is 110 Å². The molecule has 1 aliphatic carbocycles. The molecule has 1 heterocycles. The van der Waals surface area contributed by atoms with Crippen LogP contribution in [0.15, 0.2) is 93.8 Å². The Labute approximate surface area is 290 Å². The second-order valence-electron chi connectivity index (χ2n) is 14.5. The number of unbranched alkanes of at least 4 members (excludes halogenated alkanes) is 6. The first-order valence-corrected chi connectivity index (χ1v) is 18.5. The number of nitrogens with zero attached hydrogens (tertiary/aromatic N) is 2. The molecular weight excluding hydrogens is 640 g/mol. The minimum atomic E-state index is 0.0527. The van der Waals surface area contributed by atoms with Gasteiger partial charge in [0.1, 0.15) is 0 Å². The van der Waals surface area contributed by atoms with Gasteiger partial charge in [-0.3, -0.25) is 0 Å². The highest BCUT2D eigenvalue weighted by Crippen LogP contribution is 2.55. The second kappa shape index (κ2) is 14.3. The van der Waals surface area contributed by atoms with Crippen LogP contribution in [0.25, 0.3) is 45.2 Å². The van der Waals surface area contributed by atoms with Crippen LogP contribution in [0, 0.1) is 0 Å². The number of benzene rings is 4. The molecule has 0 amide bonds. The summed E-state index contributed by atoms with van der Waals surface area (Å²) >= 11 is 3.83. The zero-order valence-corrected chi connectivity index (χ0v) is 30.4. The third kappa shape index (κ3) is 7.04. The van der Waals surface area contributed by atoms with Crippen LogP contribution in [0.2, 0.25) is 0 Å². The lowest BCUT2D eigenvalue weighted by atomic mass is 9.70. The van der Waals surface area contributed by atoms with Crippen molar-refractivity contribution in [1.82, 2.24) is 10.2 Å². The predicted octanol–water partition coefficient (Wildman–Crippen LogP) is 13.3. The summed E-state index contributed by atoms with van der Waals surface area (Å²) in [7, 11) is 0. The van der Waals surface area contributed by atoms with E-state index in [0.717, 1.165) is 11.1 Å². The molecule has 4 aromatic carbocycles. The van der Waals surface area contributed by atoms with Crippen molar-refractivity contribution in [3.8, 4) is 45.2 Å². The Morgan fingerprint density at radius 3 is 1.62 bits per heavy atom. The van der Waals surface area contributed by atoms with Gasteiger partial charge in [0.2, 0.25) is 11.8 Å². The standard InChI is InChI=1S/C43H49BrN2O/c1-6-8-10-12-26-43(27-13-11-9-7-2)38-28-33(20-24-36(38)37-25-23-35(44)29-39(37)43)30-14-16-31(17-15-30)40-45-46-41(47-40)32-18-21-34(22-19-32)42(3,4)5/h14-25,28-29H,6-13,26-27H2,1-5H3. The number of halogens is 1. The van der Waals surface area contributed by atoms with E-state index in [9.17, 15) is 0 Å². The summed E-state index contributed by atoms with van der Waals surface area (Å²) in [6.07, 6.45) is 12.7. The lowest BCUT2D eigenvalue weighted by Crippen LogP contribution is -2.25. The molecule has 0 radical (unpaired) electrons. The Hall–Kier alpha value is -3.50.